The molecule has 2 N–H and O–H groups in total. The molecule has 2 nitrogen and oxygen atoms in total. The first kappa shape index (κ1) is 6.91. The summed E-state index contributed by atoms with van der Waals surface area (Å²) >= 11 is 5.60. The number of hydrogen-bond donors (Lipinski definition) is 1. The summed E-state index contributed by atoms with van der Waals surface area (Å²) in [5, 5.41) is 0.280. The lowest BCUT2D eigenvalue weighted by Gasteiger charge is -1.94. The van der Waals surface area contributed by atoms with E-state index in [-0.39, 0.29) is 5.15 Å². The van der Waals surface area contributed by atoms with Gasteiger partial charge in [0.2, 0.25) is 0 Å². The molecule has 0 saturated heterocycles. The van der Waals surface area contributed by atoms with Gasteiger partial charge in [0.05, 0.1) is 5.56 Å². The third-order valence-electron chi connectivity index (χ3n) is 1.03. The number of terminal acetylenes is 1. The van der Waals surface area contributed by atoms with Gasteiger partial charge in [0.25, 0.3) is 0 Å². The molecule has 0 aliphatic carbocycles. The predicted octanol–water partition coefficient (Wildman–Crippen LogP) is 1.30. The lowest BCUT2D eigenvalue weighted by Crippen LogP contribution is -1.90. The first-order valence-electron chi connectivity index (χ1n) is 2.62. The molecule has 0 amide bonds. The molecule has 10 heavy (non-hydrogen) atoms. The van der Waals surface area contributed by atoms with Crippen molar-refractivity contribution >= 4 is 17.4 Å². The zero-order valence-electron chi connectivity index (χ0n) is 5.13. The van der Waals surface area contributed by atoms with Crippen molar-refractivity contribution in [3.63, 3.8) is 0 Å². The van der Waals surface area contributed by atoms with E-state index in [1.54, 1.807) is 12.1 Å². The molecule has 3 heteroatoms. The molecule has 0 aromatic carbocycles. The maximum Gasteiger partial charge on any atom is 0.147 e. The Hall–Kier alpha value is -1.20. The second-order valence-electron chi connectivity index (χ2n) is 1.72. The van der Waals surface area contributed by atoms with Crippen LogP contribution in [-0.2, 0) is 0 Å². The van der Waals surface area contributed by atoms with Crippen LogP contribution >= 0.6 is 11.6 Å². The Balaban J connectivity index is 3.23. The Kier molecular flexibility index (Phi) is 1.79. The monoisotopic (exact) mass is 152 g/mol. The molecule has 0 spiro atoms. The normalized spacial score (nSPS) is 8.80. The minimum atomic E-state index is 0.280. The van der Waals surface area contributed by atoms with Gasteiger partial charge in [-0.25, -0.2) is 4.98 Å². The van der Waals surface area contributed by atoms with Gasteiger partial charge in [-0.15, -0.1) is 6.42 Å². The van der Waals surface area contributed by atoms with Crippen LogP contribution in [-0.4, -0.2) is 4.98 Å². The van der Waals surface area contributed by atoms with Gasteiger partial charge >= 0.3 is 0 Å². The topological polar surface area (TPSA) is 38.9 Å². The van der Waals surface area contributed by atoms with Crippen LogP contribution in [0.25, 0.3) is 0 Å². The number of rotatable bonds is 0. The molecule has 1 rings (SSSR count). The maximum absolute atomic E-state index is 5.60. The number of pyridine rings is 1. The smallest absolute Gasteiger partial charge is 0.147 e. The SMILES string of the molecule is C#Cc1ccc(N)nc1Cl. The van der Waals surface area contributed by atoms with Crippen LogP contribution in [0.4, 0.5) is 5.82 Å². The number of nitrogen functional groups attached to an aromatic ring is 1. The Bertz CT molecular complexity index is 288. The van der Waals surface area contributed by atoms with Gasteiger partial charge in [0.1, 0.15) is 11.0 Å². The summed E-state index contributed by atoms with van der Waals surface area (Å²) in [5.41, 5.74) is 5.88. The van der Waals surface area contributed by atoms with Crippen LogP contribution in [0.15, 0.2) is 12.1 Å². The number of nitrogens with two attached hydrogens (primary N) is 1. The second kappa shape index (κ2) is 2.59. The van der Waals surface area contributed by atoms with Gasteiger partial charge in [0, 0.05) is 0 Å². The summed E-state index contributed by atoms with van der Waals surface area (Å²) in [7, 11) is 0. The van der Waals surface area contributed by atoms with Crippen LogP contribution in [0.2, 0.25) is 5.15 Å². The number of aromatic nitrogens is 1. The fraction of sp³-hybridized carbons (Fsp3) is 0. The number of anilines is 1. The molecule has 0 radical (unpaired) electrons. The first-order valence-corrected chi connectivity index (χ1v) is 3.00. The van der Waals surface area contributed by atoms with E-state index in [0.29, 0.717) is 11.4 Å². The predicted molar refractivity (Wildman–Crippen MR) is 41.6 cm³/mol. The molecule has 1 aromatic rings. The molecule has 0 fully saturated rings. The zero-order chi connectivity index (χ0) is 7.56. The molecule has 0 saturated carbocycles. The highest BCUT2D eigenvalue weighted by Gasteiger charge is 1.96. The minimum Gasteiger partial charge on any atom is -0.384 e. The third-order valence-corrected chi connectivity index (χ3v) is 1.31. The zero-order valence-corrected chi connectivity index (χ0v) is 5.89. The summed E-state index contributed by atoms with van der Waals surface area (Å²) in [5.74, 6) is 2.75. The van der Waals surface area contributed by atoms with E-state index in [9.17, 15) is 0 Å². The second-order valence-corrected chi connectivity index (χ2v) is 2.08. The summed E-state index contributed by atoms with van der Waals surface area (Å²) in [4.78, 5) is 3.75. The van der Waals surface area contributed by atoms with Crippen LogP contribution in [0.5, 0.6) is 0 Å². The van der Waals surface area contributed by atoms with Crippen LogP contribution in [0.3, 0.4) is 0 Å². The fourth-order valence-corrected chi connectivity index (χ4v) is 0.771. The number of hydrogen-bond acceptors (Lipinski definition) is 2. The fourth-order valence-electron chi connectivity index (χ4n) is 0.556. The summed E-state index contributed by atoms with van der Waals surface area (Å²) < 4.78 is 0. The Morgan fingerprint density at radius 2 is 2.30 bits per heavy atom. The van der Waals surface area contributed by atoms with E-state index in [2.05, 4.69) is 10.9 Å². The highest BCUT2D eigenvalue weighted by Crippen LogP contribution is 2.12. The minimum absolute atomic E-state index is 0.280. The van der Waals surface area contributed by atoms with Crippen molar-refractivity contribution in [2.75, 3.05) is 5.73 Å². The van der Waals surface area contributed by atoms with Crippen molar-refractivity contribution in [2.24, 2.45) is 0 Å². The van der Waals surface area contributed by atoms with E-state index in [1.165, 1.54) is 0 Å². The average Bonchev–Trinajstić information content (AvgIpc) is 1.88. The van der Waals surface area contributed by atoms with Crippen molar-refractivity contribution in [1.29, 1.82) is 0 Å². The lowest BCUT2D eigenvalue weighted by atomic mass is 10.3. The van der Waals surface area contributed by atoms with Gasteiger partial charge in [-0.1, -0.05) is 17.5 Å². The third kappa shape index (κ3) is 1.20. The molecule has 1 heterocycles. The number of nitrogens with zero attached hydrogens (tertiary/aromatic N) is 1. The van der Waals surface area contributed by atoms with Crippen LogP contribution < -0.4 is 5.73 Å². The Morgan fingerprint density at radius 1 is 1.60 bits per heavy atom. The molecular weight excluding hydrogens is 148 g/mol. The van der Waals surface area contributed by atoms with Crippen molar-refractivity contribution in [3.05, 3.63) is 22.8 Å². The molecule has 0 aliphatic heterocycles. The molecule has 0 unspecified atom stereocenters. The van der Waals surface area contributed by atoms with Gasteiger partial charge in [0.15, 0.2) is 0 Å². The molecule has 0 atom stereocenters. The van der Waals surface area contributed by atoms with Gasteiger partial charge in [-0.05, 0) is 12.1 Å². The molecular formula is C7H5ClN2. The van der Waals surface area contributed by atoms with Crippen molar-refractivity contribution < 1.29 is 0 Å². The summed E-state index contributed by atoms with van der Waals surface area (Å²) in [6, 6.07) is 3.27. The van der Waals surface area contributed by atoms with Crippen molar-refractivity contribution in [2.45, 2.75) is 0 Å². The van der Waals surface area contributed by atoms with E-state index in [1.807, 2.05) is 0 Å². The first-order chi connectivity index (χ1) is 4.74. The van der Waals surface area contributed by atoms with E-state index >= 15 is 0 Å². The van der Waals surface area contributed by atoms with Crippen molar-refractivity contribution in [1.82, 2.24) is 4.98 Å². The average molecular weight is 153 g/mol. The standard InChI is InChI=1S/C7H5ClN2/c1-2-5-3-4-6(9)10-7(5)8/h1,3-4H,(H2,9,10). The van der Waals surface area contributed by atoms with E-state index in [0.717, 1.165) is 0 Å². The van der Waals surface area contributed by atoms with Gasteiger partial charge in [-0.2, -0.15) is 0 Å². The Labute approximate surface area is 64.0 Å². The van der Waals surface area contributed by atoms with E-state index < -0.39 is 0 Å². The van der Waals surface area contributed by atoms with Crippen molar-refractivity contribution in [3.8, 4) is 12.3 Å². The molecule has 50 valence electrons. The molecule has 0 aliphatic rings. The van der Waals surface area contributed by atoms with Crippen LogP contribution in [0, 0.1) is 12.3 Å². The summed E-state index contributed by atoms with van der Waals surface area (Å²) in [6.45, 7) is 0. The van der Waals surface area contributed by atoms with Gasteiger partial charge in [-0.3, -0.25) is 0 Å². The highest BCUT2D eigenvalue weighted by atomic mass is 35.5. The summed E-state index contributed by atoms with van der Waals surface area (Å²) in [6.07, 6.45) is 5.09. The quantitative estimate of drug-likeness (QED) is 0.450. The van der Waals surface area contributed by atoms with Gasteiger partial charge < -0.3 is 5.73 Å². The number of halogens is 1. The molecule has 0 bridgehead atoms. The maximum atomic E-state index is 5.60. The lowest BCUT2D eigenvalue weighted by molar-refractivity contribution is 1.32. The largest absolute Gasteiger partial charge is 0.384 e. The van der Waals surface area contributed by atoms with E-state index in [4.69, 9.17) is 23.8 Å². The Morgan fingerprint density at radius 3 is 2.80 bits per heavy atom. The van der Waals surface area contributed by atoms with Crippen LogP contribution in [0.1, 0.15) is 5.56 Å². The highest BCUT2D eigenvalue weighted by molar-refractivity contribution is 6.30. The molecule has 1 aromatic heterocycles.